The zero-order valence-electron chi connectivity index (χ0n) is 16.3. The molecule has 1 saturated carbocycles. The lowest BCUT2D eigenvalue weighted by Gasteiger charge is -2.28. The van der Waals surface area contributed by atoms with Gasteiger partial charge in [-0.25, -0.2) is 14.6 Å². The van der Waals surface area contributed by atoms with Gasteiger partial charge in [0.2, 0.25) is 0 Å². The Balaban J connectivity index is 1.39. The van der Waals surface area contributed by atoms with Crippen LogP contribution in [0.4, 0.5) is 5.82 Å². The summed E-state index contributed by atoms with van der Waals surface area (Å²) < 4.78 is 1.59. The second-order valence-electron chi connectivity index (χ2n) is 7.89. The normalized spacial score (nSPS) is 19.3. The second kappa shape index (κ2) is 7.73. The van der Waals surface area contributed by atoms with E-state index in [1.165, 1.54) is 19.3 Å². The maximum atomic E-state index is 12.5. The molecule has 0 aromatic carbocycles. The smallest absolute Gasteiger partial charge is 0.266 e. The minimum Gasteiger partial charge on any atom is -0.352 e. The molecule has 2 fully saturated rings. The van der Waals surface area contributed by atoms with Crippen LogP contribution in [0.5, 0.6) is 0 Å². The average Bonchev–Trinajstić information content (AvgIpc) is 3.17. The van der Waals surface area contributed by atoms with Crippen molar-refractivity contribution in [3.63, 3.8) is 0 Å². The Morgan fingerprint density at radius 1 is 1.00 bits per heavy atom. The van der Waals surface area contributed by atoms with Gasteiger partial charge in [-0.1, -0.05) is 6.42 Å². The third-order valence-electron chi connectivity index (χ3n) is 6.10. The summed E-state index contributed by atoms with van der Waals surface area (Å²) in [6, 6.07) is 9.53. The largest absolute Gasteiger partial charge is 0.352 e. The fourth-order valence-electron chi connectivity index (χ4n) is 4.23. The number of rotatable bonds is 5. The van der Waals surface area contributed by atoms with Crippen molar-refractivity contribution in [1.29, 1.82) is 0 Å². The lowest BCUT2D eigenvalue weighted by molar-refractivity contribution is 0.410. The molecule has 1 aliphatic heterocycles. The highest BCUT2D eigenvalue weighted by Gasteiger charge is 2.28. The van der Waals surface area contributed by atoms with Gasteiger partial charge in [-0.3, -0.25) is 9.78 Å². The molecule has 148 valence electrons. The van der Waals surface area contributed by atoms with Crippen LogP contribution in [0, 0.1) is 0 Å². The Bertz CT molecular complexity index is 1050. The van der Waals surface area contributed by atoms with Crippen LogP contribution < -0.4 is 10.5 Å². The maximum Gasteiger partial charge on any atom is 0.266 e. The van der Waals surface area contributed by atoms with Crippen LogP contribution in [0.15, 0.2) is 53.8 Å². The lowest BCUT2D eigenvalue weighted by Crippen LogP contribution is -2.37. The Kier molecular flexibility index (Phi) is 4.79. The van der Waals surface area contributed by atoms with E-state index in [1.807, 2.05) is 12.1 Å². The number of nitrogens with zero attached hydrogens (tertiary/aromatic N) is 6. The first kappa shape index (κ1) is 18.0. The van der Waals surface area contributed by atoms with Crippen LogP contribution >= 0.6 is 0 Å². The van der Waals surface area contributed by atoms with Gasteiger partial charge < -0.3 is 4.90 Å². The second-order valence-corrected chi connectivity index (χ2v) is 7.89. The van der Waals surface area contributed by atoms with Crippen LogP contribution in [0.25, 0.3) is 11.3 Å². The molecule has 7 heteroatoms. The van der Waals surface area contributed by atoms with Crippen molar-refractivity contribution in [2.45, 2.75) is 50.6 Å². The van der Waals surface area contributed by atoms with Gasteiger partial charge in [-0.2, -0.15) is 5.10 Å². The molecule has 5 rings (SSSR count). The predicted octanol–water partition coefficient (Wildman–Crippen LogP) is 3.03. The third kappa shape index (κ3) is 3.64. The van der Waals surface area contributed by atoms with Gasteiger partial charge in [-0.05, 0) is 43.9 Å². The summed E-state index contributed by atoms with van der Waals surface area (Å²) in [6.07, 6.45) is 11.0. The van der Waals surface area contributed by atoms with E-state index < -0.39 is 0 Å². The molecule has 29 heavy (non-hydrogen) atoms. The first-order valence-electron chi connectivity index (χ1n) is 10.3. The van der Waals surface area contributed by atoms with Crippen molar-refractivity contribution in [3.8, 4) is 11.3 Å². The standard InChI is InChI=1S/C22H24N6O/c29-22-7-6-19(17-8-10-23-11-9-17)26-28(22)14-18-5-2-12-27(18)21-13-20(24-15-25-21)16-3-1-4-16/h6-11,13,15-16,18H,1-5,12,14H2. The quantitative estimate of drug-likeness (QED) is 0.669. The zero-order valence-corrected chi connectivity index (χ0v) is 16.3. The lowest BCUT2D eigenvalue weighted by atomic mass is 9.83. The molecule has 1 unspecified atom stereocenters. The molecule has 0 radical (unpaired) electrons. The van der Waals surface area contributed by atoms with Gasteiger partial charge in [-0.15, -0.1) is 0 Å². The van der Waals surface area contributed by atoms with Crippen LogP contribution in [0.3, 0.4) is 0 Å². The number of anilines is 1. The van der Waals surface area contributed by atoms with Gasteiger partial charge in [0.25, 0.3) is 5.56 Å². The van der Waals surface area contributed by atoms with Crippen molar-refractivity contribution in [2.75, 3.05) is 11.4 Å². The Labute approximate surface area is 169 Å². The van der Waals surface area contributed by atoms with Gasteiger partial charge in [0, 0.05) is 48.2 Å². The van der Waals surface area contributed by atoms with E-state index in [0.29, 0.717) is 12.5 Å². The summed E-state index contributed by atoms with van der Waals surface area (Å²) in [7, 11) is 0. The molecule has 0 spiro atoms. The van der Waals surface area contributed by atoms with Crippen molar-refractivity contribution >= 4 is 5.82 Å². The summed E-state index contributed by atoms with van der Waals surface area (Å²) in [6.45, 7) is 1.51. The summed E-state index contributed by atoms with van der Waals surface area (Å²) in [5.41, 5.74) is 2.82. The van der Waals surface area contributed by atoms with E-state index in [4.69, 9.17) is 0 Å². The molecular formula is C22H24N6O. The van der Waals surface area contributed by atoms with E-state index >= 15 is 0 Å². The van der Waals surface area contributed by atoms with Gasteiger partial charge in [0.15, 0.2) is 0 Å². The molecule has 3 aromatic rings. The fraction of sp³-hybridized carbons (Fsp3) is 0.409. The molecule has 7 nitrogen and oxygen atoms in total. The molecule has 1 saturated heterocycles. The summed E-state index contributed by atoms with van der Waals surface area (Å²) >= 11 is 0. The van der Waals surface area contributed by atoms with Crippen LogP contribution in [0.1, 0.15) is 43.7 Å². The SMILES string of the molecule is O=c1ccc(-c2ccncc2)nn1CC1CCCN1c1cc(C2CCC2)ncn1. The van der Waals surface area contributed by atoms with E-state index in [1.54, 1.807) is 35.5 Å². The molecule has 0 bridgehead atoms. The molecule has 1 aliphatic carbocycles. The van der Waals surface area contributed by atoms with E-state index in [0.717, 1.165) is 42.2 Å². The molecule has 1 atom stereocenters. The highest BCUT2D eigenvalue weighted by molar-refractivity contribution is 5.57. The fourth-order valence-corrected chi connectivity index (χ4v) is 4.23. The minimum atomic E-state index is -0.0764. The van der Waals surface area contributed by atoms with Crippen molar-refractivity contribution in [1.82, 2.24) is 24.7 Å². The van der Waals surface area contributed by atoms with Crippen LogP contribution in [-0.4, -0.2) is 37.3 Å². The zero-order chi connectivity index (χ0) is 19.6. The highest BCUT2D eigenvalue weighted by Crippen LogP contribution is 2.36. The Morgan fingerprint density at radius 3 is 2.66 bits per heavy atom. The van der Waals surface area contributed by atoms with E-state index in [2.05, 4.69) is 31.0 Å². The third-order valence-corrected chi connectivity index (χ3v) is 6.10. The topological polar surface area (TPSA) is 76.8 Å². The van der Waals surface area contributed by atoms with Crippen molar-refractivity contribution in [3.05, 3.63) is 65.1 Å². The summed E-state index contributed by atoms with van der Waals surface area (Å²) in [5, 5.41) is 4.62. The number of pyridine rings is 1. The van der Waals surface area contributed by atoms with Gasteiger partial charge in [0.1, 0.15) is 12.1 Å². The molecular weight excluding hydrogens is 364 g/mol. The van der Waals surface area contributed by atoms with Gasteiger partial charge >= 0.3 is 0 Å². The Hall–Kier alpha value is -3.09. The van der Waals surface area contributed by atoms with Crippen LogP contribution in [-0.2, 0) is 6.54 Å². The van der Waals surface area contributed by atoms with E-state index in [-0.39, 0.29) is 11.6 Å². The summed E-state index contributed by atoms with van der Waals surface area (Å²) in [4.78, 5) is 27.9. The number of aromatic nitrogens is 5. The average molecular weight is 388 g/mol. The first-order chi connectivity index (χ1) is 14.3. The first-order valence-corrected chi connectivity index (χ1v) is 10.3. The summed E-state index contributed by atoms with van der Waals surface area (Å²) in [5.74, 6) is 1.56. The minimum absolute atomic E-state index is 0.0764. The number of hydrogen-bond acceptors (Lipinski definition) is 6. The van der Waals surface area contributed by atoms with Crippen LogP contribution in [0.2, 0.25) is 0 Å². The molecule has 0 amide bonds. The monoisotopic (exact) mass is 388 g/mol. The van der Waals surface area contributed by atoms with E-state index in [9.17, 15) is 4.79 Å². The molecule has 2 aliphatic rings. The molecule has 0 N–H and O–H groups in total. The number of hydrogen-bond donors (Lipinski definition) is 0. The van der Waals surface area contributed by atoms with Gasteiger partial charge in [0.05, 0.1) is 18.3 Å². The maximum absolute atomic E-state index is 12.5. The predicted molar refractivity (Wildman–Crippen MR) is 111 cm³/mol. The van der Waals surface area contributed by atoms with Crippen molar-refractivity contribution in [2.24, 2.45) is 0 Å². The van der Waals surface area contributed by atoms with Crippen molar-refractivity contribution < 1.29 is 0 Å². The Morgan fingerprint density at radius 2 is 1.86 bits per heavy atom. The molecule has 3 aromatic heterocycles. The molecule has 4 heterocycles. The highest BCUT2D eigenvalue weighted by atomic mass is 16.1.